The molecule has 3 heterocycles. The summed E-state index contributed by atoms with van der Waals surface area (Å²) in [6.45, 7) is 37.2. The summed E-state index contributed by atoms with van der Waals surface area (Å²) in [5.74, 6) is 3.65. The van der Waals surface area contributed by atoms with Crippen LogP contribution in [0.25, 0.3) is 61.0 Å². The summed E-state index contributed by atoms with van der Waals surface area (Å²) < 4.78 is 24.7. The minimum atomic E-state index is -0.255. The van der Waals surface area contributed by atoms with Gasteiger partial charge in [-0.2, -0.15) is 0 Å². The van der Waals surface area contributed by atoms with Crippen LogP contribution in [0, 0.1) is 5.82 Å². The van der Waals surface area contributed by atoms with E-state index in [4.69, 9.17) is 9.72 Å². The van der Waals surface area contributed by atoms with Crippen LogP contribution >= 0.6 is 0 Å². The van der Waals surface area contributed by atoms with Gasteiger partial charge in [-0.05, 0) is 180 Å². The van der Waals surface area contributed by atoms with Crippen LogP contribution in [-0.2, 0) is 10.8 Å². The zero-order valence-electron chi connectivity index (χ0n) is 51.8. The summed E-state index contributed by atoms with van der Waals surface area (Å²) in [7, 11) is 0. The van der Waals surface area contributed by atoms with E-state index in [9.17, 15) is 0 Å². The maximum absolute atomic E-state index is 15.0. The Morgan fingerprint density at radius 2 is 1.02 bits per heavy atom. The molecule has 0 saturated carbocycles. The van der Waals surface area contributed by atoms with Crippen molar-refractivity contribution in [3.05, 3.63) is 215 Å². The summed E-state index contributed by atoms with van der Waals surface area (Å²) >= 11 is 0. The summed E-state index contributed by atoms with van der Waals surface area (Å²) in [5.41, 5.74) is 22.0. The van der Waals surface area contributed by atoms with Crippen LogP contribution in [0.5, 0.6) is 11.5 Å². The number of hydrogen-bond acceptors (Lipinski definition) is 4. The molecule has 6 heteroatoms. The molecule has 0 spiro atoms. The SMILES string of the molecule is CC(C)c1cc(-c2cc(C(C)(C)C)cc(-c3ccc(F)cc3)c2N2CN(c3cc(Oc4ccc5c6ccccc6n(-c6cc(C(C)(C)C)ccn6)c5c4)cc(-c4c(C(C)C)cc(C(C)C)cc4C(C)C)c3)c3ccccc32)cc(C(C)C)c1. The lowest BCUT2D eigenvalue weighted by atomic mass is 9.81. The van der Waals surface area contributed by atoms with Crippen LogP contribution < -0.4 is 14.5 Å². The molecule has 10 aromatic rings. The van der Waals surface area contributed by atoms with Gasteiger partial charge in [0.25, 0.3) is 0 Å². The number of rotatable bonds is 13. The standard InChI is InChI=1S/C77H83FN4O/c1-46(2)52-33-53(47(3)4)35-55(34-52)68-41-58(77(14,15)16)40-67(51-25-27-59(78)28-26-51)75(68)81-45-80(70-23-19-20-24-71(70)81)60-36-56(74-65(49(7)8)38-54(48(5)6)39-66(74)50(9)10)37-62(43-60)83-61-29-30-64-63-21-17-18-22-69(63)82(72(64)44-61)73-42-57(31-32-79-73)76(11,12)13/h17-44,46-50H,45H2,1-16H3. The molecule has 0 amide bonds. The van der Waals surface area contributed by atoms with Gasteiger partial charge in [0.2, 0.25) is 0 Å². The predicted octanol–water partition coefficient (Wildman–Crippen LogP) is 22.6. The maximum Gasteiger partial charge on any atom is 0.137 e. The Morgan fingerprint density at radius 3 is 1.63 bits per heavy atom. The highest BCUT2D eigenvalue weighted by molar-refractivity contribution is 6.09. The lowest BCUT2D eigenvalue weighted by Gasteiger charge is -2.31. The molecule has 83 heavy (non-hydrogen) atoms. The topological polar surface area (TPSA) is 33.5 Å². The van der Waals surface area contributed by atoms with Gasteiger partial charge in [0.05, 0.1) is 28.1 Å². The number of anilines is 4. The molecular formula is C77H83FN4O. The van der Waals surface area contributed by atoms with Crippen molar-refractivity contribution in [2.24, 2.45) is 0 Å². The fourth-order valence-corrected chi connectivity index (χ4v) is 12.2. The average molecular weight is 1100 g/mol. The Balaban J connectivity index is 1.14. The van der Waals surface area contributed by atoms with Crippen molar-refractivity contribution in [2.75, 3.05) is 16.5 Å². The van der Waals surface area contributed by atoms with Crippen molar-refractivity contribution in [2.45, 2.75) is 151 Å². The quantitative estimate of drug-likeness (QED) is 0.115. The zero-order chi connectivity index (χ0) is 59.0. The molecule has 8 aromatic carbocycles. The van der Waals surface area contributed by atoms with Gasteiger partial charge >= 0.3 is 0 Å². The van der Waals surface area contributed by atoms with Gasteiger partial charge in [-0.1, -0.05) is 184 Å². The molecule has 5 nitrogen and oxygen atoms in total. The molecule has 0 atom stereocenters. The monoisotopic (exact) mass is 1100 g/mol. The fraction of sp³-hybridized carbons (Fsp3) is 0.312. The van der Waals surface area contributed by atoms with Gasteiger partial charge in [0.1, 0.15) is 29.8 Å². The Labute approximate surface area is 493 Å². The van der Waals surface area contributed by atoms with E-state index in [1.807, 2.05) is 18.3 Å². The highest BCUT2D eigenvalue weighted by atomic mass is 19.1. The minimum Gasteiger partial charge on any atom is -0.457 e. The van der Waals surface area contributed by atoms with Crippen LogP contribution in [0.4, 0.5) is 27.1 Å². The van der Waals surface area contributed by atoms with E-state index in [0.29, 0.717) is 24.4 Å². The van der Waals surface area contributed by atoms with Gasteiger partial charge in [0, 0.05) is 45.9 Å². The minimum absolute atomic E-state index is 0.0543. The molecule has 0 saturated heterocycles. The van der Waals surface area contributed by atoms with Gasteiger partial charge in [-0.15, -0.1) is 0 Å². The van der Waals surface area contributed by atoms with Crippen molar-refractivity contribution in [1.29, 1.82) is 0 Å². The first-order valence-corrected chi connectivity index (χ1v) is 30.2. The number of ether oxygens (including phenoxy) is 1. The molecule has 11 rings (SSSR count). The van der Waals surface area contributed by atoms with Gasteiger partial charge in [-0.25, -0.2) is 9.37 Å². The summed E-state index contributed by atoms with van der Waals surface area (Å²) in [4.78, 5) is 9.97. The zero-order valence-corrected chi connectivity index (χ0v) is 51.8. The summed E-state index contributed by atoms with van der Waals surface area (Å²) in [6.07, 6.45) is 1.93. The number of fused-ring (bicyclic) bond motifs is 4. The smallest absolute Gasteiger partial charge is 0.137 e. The van der Waals surface area contributed by atoms with Gasteiger partial charge in [-0.3, -0.25) is 4.57 Å². The van der Waals surface area contributed by atoms with Crippen LogP contribution in [0.3, 0.4) is 0 Å². The van der Waals surface area contributed by atoms with Crippen LogP contribution in [-0.4, -0.2) is 16.2 Å². The first-order chi connectivity index (χ1) is 39.4. The van der Waals surface area contributed by atoms with Crippen molar-refractivity contribution >= 4 is 44.6 Å². The number of hydrogen-bond donors (Lipinski definition) is 0. The molecule has 0 unspecified atom stereocenters. The maximum atomic E-state index is 15.0. The van der Waals surface area contributed by atoms with Crippen LogP contribution in [0.2, 0.25) is 0 Å². The van der Waals surface area contributed by atoms with Crippen molar-refractivity contribution in [3.8, 4) is 50.7 Å². The molecule has 0 N–H and O–H groups in total. The van der Waals surface area contributed by atoms with Gasteiger partial charge < -0.3 is 14.5 Å². The van der Waals surface area contributed by atoms with Crippen molar-refractivity contribution < 1.29 is 9.13 Å². The second-order valence-corrected chi connectivity index (χ2v) is 26.9. The first-order valence-electron chi connectivity index (χ1n) is 30.2. The number of pyridine rings is 1. The van der Waals surface area contributed by atoms with E-state index >= 15 is 4.39 Å². The molecule has 1 aliphatic rings. The molecule has 0 bridgehead atoms. The number of benzene rings is 8. The third-order valence-electron chi connectivity index (χ3n) is 17.1. The predicted molar refractivity (Wildman–Crippen MR) is 351 cm³/mol. The molecule has 2 aromatic heterocycles. The number of nitrogens with zero attached hydrogens (tertiary/aromatic N) is 4. The second-order valence-electron chi connectivity index (χ2n) is 26.9. The molecule has 0 radical (unpaired) electrons. The molecular weight excluding hydrogens is 1020 g/mol. The fourth-order valence-electron chi connectivity index (χ4n) is 12.2. The number of para-hydroxylation sites is 3. The largest absolute Gasteiger partial charge is 0.457 e. The lowest BCUT2D eigenvalue weighted by Crippen LogP contribution is -2.25. The Kier molecular flexibility index (Phi) is 15.1. The second kappa shape index (κ2) is 22.0. The molecule has 424 valence electrons. The Hall–Kier alpha value is -7.96. The van der Waals surface area contributed by atoms with E-state index in [2.05, 4.69) is 265 Å². The highest BCUT2D eigenvalue weighted by Gasteiger charge is 2.34. The summed E-state index contributed by atoms with van der Waals surface area (Å²) in [6, 6.07) is 59.2. The van der Waals surface area contributed by atoms with Crippen LogP contribution in [0.15, 0.2) is 170 Å². The third kappa shape index (κ3) is 11.0. The van der Waals surface area contributed by atoms with E-state index < -0.39 is 0 Å². The number of aromatic nitrogens is 2. The number of halogens is 1. The van der Waals surface area contributed by atoms with E-state index in [1.54, 1.807) is 12.1 Å². The van der Waals surface area contributed by atoms with Crippen molar-refractivity contribution in [1.82, 2.24) is 9.55 Å². The first kappa shape index (κ1) is 56.9. The van der Waals surface area contributed by atoms with E-state index in [-0.39, 0.29) is 28.5 Å². The highest BCUT2D eigenvalue weighted by Crippen LogP contribution is 2.53. The average Bonchev–Trinajstić information content (AvgIpc) is 2.34. The van der Waals surface area contributed by atoms with Crippen molar-refractivity contribution in [3.63, 3.8) is 0 Å². The molecule has 0 fully saturated rings. The molecule has 1 aliphatic heterocycles. The Bertz CT molecular complexity index is 4010. The lowest BCUT2D eigenvalue weighted by molar-refractivity contribution is 0.483. The van der Waals surface area contributed by atoms with E-state index in [0.717, 1.165) is 84.1 Å². The molecule has 0 aliphatic carbocycles. The summed E-state index contributed by atoms with van der Waals surface area (Å²) in [5, 5.41) is 2.30. The van der Waals surface area contributed by atoms with Gasteiger partial charge in [0.15, 0.2) is 0 Å². The Morgan fingerprint density at radius 1 is 0.458 bits per heavy atom. The van der Waals surface area contributed by atoms with E-state index in [1.165, 1.54) is 50.1 Å². The normalized spacial score (nSPS) is 13.1. The third-order valence-corrected chi connectivity index (χ3v) is 17.1. The van der Waals surface area contributed by atoms with Crippen LogP contribution in [0.1, 0.15) is 179 Å².